The Labute approximate surface area is 129 Å². The molecule has 2 aromatic carbocycles. The number of benzene rings is 2. The van der Waals surface area contributed by atoms with Crippen LogP contribution in [0.4, 0.5) is 4.39 Å². The van der Waals surface area contributed by atoms with Gasteiger partial charge in [-0.25, -0.2) is 9.18 Å². The fraction of sp³-hybridized carbons (Fsp3) is 0.133. The highest BCUT2D eigenvalue weighted by atomic mass is 79.9. The van der Waals surface area contributed by atoms with Gasteiger partial charge in [0.25, 0.3) is 0 Å². The van der Waals surface area contributed by atoms with Gasteiger partial charge in [0, 0.05) is 10.0 Å². The molecule has 21 heavy (non-hydrogen) atoms. The number of methoxy groups -OCH3 is 1. The van der Waals surface area contributed by atoms with Crippen molar-refractivity contribution in [3.8, 4) is 11.5 Å². The summed E-state index contributed by atoms with van der Waals surface area (Å²) in [6.07, 6.45) is 0. The van der Waals surface area contributed by atoms with Gasteiger partial charge < -0.3 is 14.6 Å². The maximum atomic E-state index is 13.6. The quantitative estimate of drug-likeness (QED) is 0.885. The normalized spacial score (nSPS) is 10.2. The van der Waals surface area contributed by atoms with Crippen molar-refractivity contribution in [1.29, 1.82) is 0 Å². The first-order valence-corrected chi connectivity index (χ1v) is 6.78. The van der Waals surface area contributed by atoms with Crippen LogP contribution < -0.4 is 9.47 Å². The number of hydrogen-bond donors (Lipinski definition) is 1. The maximum absolute atomic E-state index is 13.6. The largest absolute Gasteiger partial charge is 0.493 e. The molecule has 0 atom stereocenters. The molecule has 0 aliphatic rings. The molecule has 110 valence electrons. The average molecular weight is 355 g/mol. The van der Waals surface area contributed by atoms with Crippen molar-refractivity contribution in [3.05, 3.63) is 57.8 Å². The molecule has 2 rings (SSSR count). The second-order valence-electron chi connectivity index (χ2n) is 4.20. The number of rotatable bonds is 5. The van der Waals surface area contributed by atoms with Gasteiger partial charge in [-0.05, 0) is 36.4 Å². The predicted molar refractivity (Wildman–Crippen MR) is 78.4 cm³/mol. The zero-order valence-corrected chi connectivity index (χ0v) is 12.7. The van der Waals surface area contributed by atoms with E-state index in [1.807, 2.05) is 0 Å². The van der Waals surface area contributed by atoms with E-state index in [2.05, 4.69) is 15.9 Å². The lowest BCUT2D eigenvalue weighted by atomic mass is 10.2. The molecule has 0 fully saturated rings. The van der Waals surface area contributed by atoms with E-state index in [1.54, 1.807) is 12.1 Å². The Hall–Kier alpha value is -2.08. The molecule has 2 aromatic rings. The van der Waals surface area contributed by atoms with Crippen LogP contribution in [0.2, 0.25) is 0 Å². The summed E-state index contributed by atoms with van der Waals surface area (Å²) in [5.41, 5.74) is 0.474. The lowest BCUT2D eigenvalue weighted by Gasteiger charge is -2.12. The van der Waals surface area contributed by atoms with E-state index in [9.17, 15) is 9.18 Å². The molecule has 4 nitrogen and oxygen atoms in total. The fourth-order valence-corrected chi connectivity index (χ4v) is 2.14. The molecular formula is C15H12BrFO4. The molecule has 0 radical (unpaired) electrons. The monoisotopic (exact) mass is 354 g/mol. The molecule has 0 aromatic heterocycles. The van der Waals surface area contributed by atoms with E-state index in [4.69, 9.17) is 14.6 Å². The van der Waals surface area contributed by atoms with E-state index < -0.39 is 5.97 Å². The molecule has 0 saturated heterocycles. The first-order valence-electron chi connectivity index (χ1n) is 5.99. The van der Waals surface area contributed by atoms with Crippen LogP contribution in [0.15, 0.2) is 40.9 Å². The van der Waals surface area contributed by atoms with Crippen LogP contribution in [-0.2, 0) is 6.61 Å². The molecule has 0 bridgehead atoms. The smallest absolute Gasteiger partial charge is 0.335 e. The summed E-state index contributed by atoms with van der Waals surface area (Å²) in [6, 6.07) is 8.80. The fourth-order valence-electron chi connectivity index (χ4n) is 1.73. The van der Waals surface area contributed by atoms with Crippen LogP contribution in [0.1, 0.15) is 15.9 Å². The molecule has 0 spiro atoms. The van der Waals surface area contributed by atoms with Crippen molar-refractivity contribution in [2.24, 2.45) is 0 Å². The standard InChI is InChI=1S/C15H12BrFO4/c1-20-14-7-9(15(18)19)2-5-13(14)21-8-10-6-11(16)3-4-12(10)17/h2-7H,8H2,1H3,(H,18,19). The molecule has 0 unspecified atom stereocenters. The predicted octanol–water partition coefficient (Wildman–Crippen LogP) is 3.87. The van der Waals surface area contributed by atoms with Crippen LogP contribution in [0.3, 0.4) is 0 Å². The molecule has 0 heterocycles. The average Bonchev–Trinajstić information content (AvgIpc) is 2.47. The summed E-state index contributed by atoms with van der Waals surface area (Å²) in [5.74, 6) is -0.801. The molecule has 0 aliphatic carbocycles. The summed E-state index contributed by atoms with van der Waals surface area (Å²) >= 11 is 3.26. The number of carboxylic acid groups (broad SMARTS) is 1. The minimum atomic E-state index is -1.06. The summed E-state index contributed by atoms with van der Waals surface area (Å²) in [5, 5.41) is 8.92. The number of carboxylic acids is 1. The molecule has 0 saturated carbocycles. The molecule has 6 heteroatoms. The van der Waals surface area contributed by atoms with Gasteiger partial charge in [-0.3, -0.25) is 0 Å². The summed E-state index contributed by atoms with van der Waals surface area (Å²) < 4.78 is 25.0. The summed E-state index contributed by atoms with van der Waals surface area (Å²) in [7, 11) is 1.41. The zero-order chi connectivity index (χ0) is 15.4. The van der Waals surface area contributed by atoms with E-state index in [-0.39, 0.29) is 23.7 Å². The third-order valence-corrected chi connectivity index (χ3v) is 3.29. The van der Waals surface area contributed by atoms with Crippen molar-refractivity contribution in [1.82, 2.24) is 0 Å². The highest BCUT2D eigenvalue weighted by Crippen LogP contribution is 2.29. The van der Waals surface area contributed by atoms with Crippen molar-refractivity contribution >= 4 is 21.9 Å². The lowest BCUT2D eigenvalue weighted by molar-refractivity contribution is 0.0696. The number of ether oxygens (including phenoxy) is 2. The van der Waals surface area contributed by atoms with Gasteiger partial charge in [-0.1, -0.05) is 15.9 Å². The summed E-state index contributed by atoms with van der Waals surface area (Å²) in [6.45, 7) is 0.00799. The molecule has 0 amide bonds. The van der Waals surface area contributed by atoms with Gasteiger partial charge in [0.05, 0.1) is 12.7 Å². The van der Waals surface area contributed by atoms with Crippen LogP contribution in [0.25, 0.3) is 0 Å². The Kier molecular flexibility index (Phi) is 4.80. The van der Waals surface area contributed by atoms with Crippen molar-refractivity contribution in [2.45, 2.75) is 6.61 Å². The van der Waals surface area contributed by atoms with Gasteiger partial charge >= 0.3 is 5.97 Å². The van der Waals surface area contributed by atoms with E-state index >= 15 is 0 Å². The minimum absolute atomic E-state index is 0.00799. The lowest BCUT2D eigenvalue weighted by Crippen LogP contribution is -2.02. The molecule has 0 aliphatic heterocycles. The highest BCUT2D eigenvalue weighted by molar-refractivity contribution is 9.10. The minimum Gasteiger partial charge on any atom is -0.493 e. The molecule has 1 N–H and O–H groups in total. The van der Waals surface area contributed by atoms with Gasteiger partial charge in [0.15, 0.2) is 11.5 Å². The third-order valence-electron chi connectivity index (χ3n) is 2.80. The SMILES string of the molecule is COc1cc(C(=O)O)ccc1OCc1cc(Br)ccc1F. The number of halogens is 2. The van der Waals surface area contributed by atoms with Crippen LogP contribution in [0, 0.1) is 5.82 Å². The Bertz CT molecular complexity index is 673. The Balaban J connectivity index is 2.19. The van der Waals surface area contributed by atoms with Gasteiger partial charge in [0.2, 0.25) is 0 Å². The van der Waals surface area contributed by atoms with Gasteiger partial charge in [-0.2, -0.15) is 0 Å². The van der Waals surface area contributed by atoms with Crippen LogP contribution in [0.5, 0.6) is 11.5 Å². The van der Waals surface area contributed by atoms with Crippen molar-refractivity contribution < 1.29 is 23.8 Å². The first-order chi connectivity index (χ1) is 10.0. The second kappa shape index (κ2) is 6.58. The Morgan fingerprint density at radius 1 is 1.24 bits per heavy atom. The van der Waals surface area contributed by atoms with Crippen molar-refractivity contribution in [2.75, 3.05) is 7.11 Å². The Morgan fingerprint density at radius 3 is 2.67 bits per heavy atom. The van der Waals surface area contributed by atoms with E-state index in [0.29, 0.717) is 11.3 Å². The zero-order valence-electron chi connectivity index (χ0n) is 11.1. The van der Waals surface area contributed by atoms with Crippen molar-refractivity contribution in [3.63, 3.8) is 0 Å². The summed E-state index contributed by atoms with van der Waals surface area (Å²) in [4.78, 5) is 10.9. The first kappa shape index (κ1) is 15.3. The van der Waals surface area contributed by atoms with Crippen LogP contribution >= 0.6 is 15.9 Å². The van der Waals surface area contributed by atoms with Crippen LogP contribution in [-0.4, -0.2) is 18.2 Å². The highest BCUT2D eigenvalue weighted by Gasteiger charge is 2.11. The topological polar surface area (TPSA) is 55.8 Å². The number of aromatic carboxylic acids is 1. The third kappa shape index (κ3) is 3.72. The van der Waals surface area contributed by atoms with E-state index in [1.165, 1.54) is 31.4 Å². The second-order valence-corrected chi connectivity index (χ2v) is 5.11. The van der Waals surface area contributed by atoms with E-state index in [0.717, 1.165) is 4.47 Å². The Morgan fingerprint density at radius 2 is 2.00 bits per heavy atom. The molecular weight excluding hydrogens is 343 g/mol. The number of hydrogen-bond acceptors (Lipinski definition) is 3. The van der Waals surface area contributed by atoms with Gasteiger partial charge in [-0.15, -0.1) is 0 Å². The number of carbonyl (C=O) groups is 1. The van der Waals surface area contributed by atoms with Gasteiger partial charge in [0.1, 0.15) is 12.4 Å². The maximum Gasteiger partial charge on any atom is 0.335 e.